The minimum absolute atomic E-state index is 0.112. The smallest absolute Gasteiger partial charge is 0.433 e. The Kier molecular flexibility index (Phi) is 2.53. The summed E-state index contributed by atoms with van der Waals surface area (Å²) in [6, 6.07) is 0. The monoisotopic (exact) mass is 165 g/mol. The fourth-order valence-electron chi connectivity index (χ4n) is 0.672. The van der Waals surface area contributed by atoms with Crippen molar-refractivity contribution in [1.29, 1.82) is 0 Å². The van der Waals surface area contributed by atoms with Crippen molar-refractivity contribution in [2.24, 2.45) is 4.99 Å². The lowest BCUT2D eigenvalue weighted by molar-refractivity contribution is -0.110. The van der Waals surface area contributed by atoms with Gasteiger partial charge in [0.25, 0.3) is 0 Å². The number of methoxy groups -OCH3 is 1. The van der Waals surface area contributed by atoms with E-state index < -0.39 is 6.09 Å². The summed E-state index contributed by atoms with van der Waals surface area (Å²) in [4.78, 5) is 24.7. The Labute approximate surface area is 69.2 Å². The first-order valence-electron chi connectivity index (χ1n) is 3.29. The highest BCUT2D eigenvalue weighted by atomic mass is 16.5. The number of carbonyl (C=O) groups excluding carboxylic acids is 2. The van der Waals surface area contributed by atoms with Crippen LogP contribution in [0.25, 0.3) is 0 Å². The van der Waals surface area contributed by atoms with E-state index in [1.54, 1.807) is 0 Å². The van der Waals surface area contributed by atoms with Gasteiger partial charge in [0.15, 0.2) is 5.78 Å². The summed E-state index contributed by atoms with van der Waals surface area (Å²) in [7, 11) is 1.24. The first-order chi connectivity index (χ1) is 5.72. The van der Waals surface area contributed by atoms with Crippen LogP contribution in [0.4, 0.5) is 4.79 Å². The third-order valence-corrected chi connectivity index (χ3v) is 1.23. The van der Waals surface area contributed by atoms with Gasteiger partial charge in [-0.2, -0.15) is 4.99 Å². The molecule has 0 spiro atoms. The van der Waals surface area contributed by atoms with Gasteiger partial charge < -0.3 is 4.74 Å². The predicted molar refractivity (Wildman–Crippen MR) is 43.1 cm³/mol. The third kappa shape index (κ3) is 2.16. The second kappa shape index (κ2) is 3.61. The van der Waals surface area contributed by atoms with Crippen molar-refractivity contribution >= 4 is 17.6 Å². The van der Waals surface area contributed by atoms with Crippen molar-refractivity contribution in [2.75, 3.05) is 7.11 Å². The zero-order valence-corrected chi connectivity index (χ0v) is 6.48. The minimum Gasteiger partial charge on any atom is -0.451 e. The molecule has 0 aliphatic heterocycles. The molecule has 0 N–H and O–H groups in total. The summed E-state index contributed by atoms with van der Waals surface area (Å²) in [5, 5.41) is 0. The van der Waals surface area contributed by atoms with Crippen LogP contribution in [0, 0.1) is 0 Å². The summed E-state index contributed by atoms with van der Waals surface area (Å²) in [5.41, 5.74) is 0.418. The van der Waals surface area contributed by atoms with Gasteiger partial charge in [0.2, 0.25) is 0 Å². The standard InChI is InChI=1S/C8H7NO3/c1-12-8(11)9-6-2-4-7(10)5-3-6/h2-5H,1H3. The molecular formula is C8H7NO3. The van der Waals surface area contributed by atoms with E-state index in [0.29, 0.717) is 5.71 Å². The lowest BCUT2D eigenvalue weighted by Crippen LogP contribution is -2.03. The molecule has 0 fully saturated rings. The predicted octanol–water partition coefficient (Wildman–Crippen LogP) is 0.889. The zero-order valence-electron chi connectivity index (χ0n) is 6.48. The van der Waals surface area contributed by atoms with Gasteiger partial charge in [-0.1, -0.05) is 0 Å². The lowest BCUT2D eigenvalue weighted by Gasteiger charge is -1.96. The molecule has 4 nitrogen and oxygen atoms in total. The van der Waals surface area contributed by atoms with Gasteiger partial charge in [0, 0.05) is 0 Å². The van der Waals surface area contributed by atoms with Crippen molar-refractivity contribution in [2.45, 2.75) is 0 Å². The number of hydrogen-bond acceptors (Lipinski definition) is 3. The van der Waals surface area contributed by atoms with E-state index in [9.17, 15) is 9.59 Å². The summed E-state index contributed by atoms with van der Waals surface area (Å²) < 4.78 is 4.30. The number of ether oxygens (including phenoxy) is 1. The minimum atomic E-state index is -0.673. The highest BCUT2D eigenvalue weighted by Gasteiger charge is 2.02. The molecule has 0 saturated carbocycles. The van der Waals surface area contributed by atoms with Gasteiger partial charge in [0.05, 0.1) is 12.8 Å². The van der Waals surface area contributed by atoms with E-state index >= 15 is 0 Å². The summed E-state index contributed by atoms with van der Waals surface area (Å²) >= 11 is 0. The third-order valence-electron chi connectivity index (χ3n) is 1.23. The van der Waals surface area contributed by atoms with Crippen LogP contribution >= 0.6 is 0 Å². The summed E-state index contributed by atoms with van der Waals surface area (Å²) in [6.45, 7) is 0. The Morgan fingerprint density at radius 1 is 1.33 bits per heavy atom. The van der Waals surface area contributed by atoms with Crippen LogP contribution in [0.15, 0.2) is 29.3 Å². The molecule has 1 amide bonds. The van der Waals surface area contributed by atoms with Gasteiger partial charge >= 0.3 is 6.09 Å². The van der Waals surface area contributed by atoms with E-state index in [0.717, 1.165) is 0 Å². The van der Waals surface area contributed by atoms with E-state index in [-0.39, 0.29) is 5.78 Å². The Balaban J connectivity index is 2.73. The molecule has 0 saturated heterocycles. The molecule has 0 atom stereocenters. The van der Waals surface area contributed by atoms with E-state index in [1.807, 2.05) is 0 Å². The van der Waals surface area contributed by atoms with E-state index in [2.05, 4.69) is 9.73 Å². The SMILES string of the molecule is COC(=O)N=C1C=CC(=O)C=C1. The van der Waals surface area contributed by atoms with Gasteiger partial charge in [-0.15, -0.1) is 0 Å². The van der Waals surface area contributed by atoms with Crippen LogP contribution in [-0.2, 0) is 9.53 Å². The molecule has 1 aliphatic carbocycles. The Bertz CT molecular complexity index is 281. The van der Waals surface area contributed by atoms with Gasteiger partial charge in [-0.05, 0) is 24.3 Å². The maximum absolute atomic E-state index is 10.6. The molecule has 0 aromatic heterocycles. The topological polar surface area (TPSA) is 55.7 Å². The number of rotatable bonds is 0. The number of amides is 1. The molecule has 62 valence electrons. The van der Waals surface area contributed by atoms with Crippen LogP contribution < -0.4 is 0 Å². The molecule has 0 aromatic rings. The van der Waals surface area contributed by atoms with Crippen LogP contribution in [0.5, 0.6) is 0 Å². The molecule has 4 heteroatoms. The average molecular weight is 165 g/mol. The normalized spacial score (nSPS) is 14.8. The molecule has 0 heterocycles. The second-order valence-electron chi connectivity index (χ2n) is 2.08. The summed E-state index contributed by atoms with van der Waals surface area (Å²) in [5.74, 6) is -0.112. The van der Waals surface area contributed by atoms with Crippen molar-refractivity contribution < 1.29 is 14.3 Å². The molecular weight excluding hydrogens is 158 g/mol. The number of allylic oxidation sites excluding steroid dienone is 4. The Morgan fingerprint density at radius 2 is 1.92 bits per heavy atom. The first kappa shape index (κ1) is 8.39. The fraction of sp³-hybridized carbons (Fsp3) is 0.125. The van der Waals surface area contributed by atoms with E-state index in [4.69, 9.17) is 0 Å². The average Bonchev–Trinajstić information content (AvgIpc) is 2.09. The summed E-state index contributed by atoms with van der Waals surface area (Å²) in [6.07, 6.45) is 4.91. The number of ketones is 1. The molecule has 12 heavy (non-hydrogen) atoms. The maximum Gasteiger partial charge on any atom is 0.433 e. The van der Waals surface area contributed by atoms with Crippen LogP contribution in [0.1, 0.15) is 0 Å². The highest BCUT2D eigenvalue weighted by Crippen LogP contribution is 1.96. The van der Waals surface area contributed by atoms with Crippen LogP contribution in [-0.4, -0.2) is 24.7 Å². The maximum atomic E-state index is 10.6. The zero-order chi connectivity index (χ0) is 8.97. The number of hydrogen-bond donors (Lipinski definition) is 0. The Morgan fingerprint density at radius 3 is 2.42 bits per heavy atom. The van der Waals surface area contributed by atoms with Crippen molar-refractivity contribution in [1.82, 2.24) is 0 Å². The Hall–Kier alpha value is -1.71. The van der Waals surface area contributed by atoms with Crippen molar-refractivity contribution in [3.8, 4) is 0 Å². The molecule has 0 aromatic carbocycles. The number of aliphatic imine (C=N–C) groups is 1. The number of carbonyl (C=O) groups is 2. The molecule has 1 rings (SSSR count). The first-order valence-corrected chi connectivity index (χ1v) is 3.29. The van der Waals surface area contributed by atoms with Crippen LogP contribution in [0.2, 0.25) is 0 Å². The quantitative estimate of drug-likeness (QED) is 0.501. The fourth-order valence-corrected chi connectivity index (χ4v) is 0.672. The van der Waals surface area contributed by atoms with Crippen molar-refractivity contribution in [3.05, 3.63) is 24.3 Å². The van der Waals surface area contributed by atoms with Crippen molar-refractivity contribution in [3.63, 3.8) is 0 Å². The van der Waals surface area contributed by atoms with Gasteiger partial charge in [-0.3, -0.25) is 4.79 Å². The lowest BCUT2D eigenvalue weighted by atomic mass is 10.2. The number of nitrogens with zero attached hydrogens (tertiary/aromatic N) is 1. The molecule has 0 bridgehead atoms. The second-order valence-corrected chi connectivity index (χ2v) is 2.08. The van der Waals surface area contributed by atoms with Crippen LogP contribution in [0.3, 0.4) is 0 Å². The van der Waals surface area contributed by atoms with Gasteiger partial charge in [-0.25, -0.2) is 4.79 Å². The largest absolute Gasteiger partial charge is 0.451 e. The molecule has 1 aliphatic rings. The van der Waals surface area contributed by atoms with E-state index in [1.165, 1.54) is 31.4 Å². The highest BCUT2D eigenvalue weighted by molar-refractivity contribution is 6.18. The molecule has 0 unspecified atom stereocenters. The van der Waals surface area contributed by atoms with Gasteiger partial charge in [0.1, 0.15) is 0 Å². The molecule has 0 radical (unpaired) electrons.